The number of carbonyl (C=O) groups excluding carboxylic acids is 2. The first kappa shape index (κ1) is 12.1. The topological polar surface area (TPSA) is 58.2 Å². The van der Waals surface area contributed by atoms with E-state index in [0.29, 0.717) is 6.54 Å². The van der Waals surface area contributed by atoms with Crippen LogP contribution in [0.2, 0.25) is 0 Å². The van der Waals surface area contributed by atoms with Crippen molar-refractivity contribution in [2.24, 2.45) is 0 Å². The standard InChI is InChI=1S/C12H13BrN2O2/c1-7-3-4-8(13)5-9(7)12(2)6-14-10(16)11(17)15-12/h3-5H,6H2,1-2H3,(H,14,16)(H,15,17). The molecule has 1 aliphatic heterocycles. The van der Waals surface area contributed by atoms with Crippen LogP contribution in [0.15, 0.2) is 22.7 Å². The average molecular weight is 297 g/mol. The third kappa shape index (κ3) is 2.20. The van der Waals surface area contributed by atoms with Crippen LogP contribution in [0.1, 0.15) is 18.1 Å². The number of benzene rings is 1. The summed E-state index contributed by atoms with van der Waals surface area (Å²) in [6, 6.07) is 5.89. The fourth-order valence-corrected chi connectivity index (χ4v) is 2.40. The van der Waals surface area contributed by atoms with Gasteiger partial charge in [0.1, 0.15) is 0 Å². The maximum Gasteiger partial charge on any atom is 0.310 e. The lowest BCUT2D eigenvalue weighted by Gasteiger charge is -2.36. The highest BCUT2D eigenvalue weighted by molar-refractivity contribution is 9.10. The number of piperazine rings is 1. The largest absolute Gasteiger partial charge is 0.345 e. The highest BCUT2D eigenvalue weighted by Gasteiger charge is 2.37. The van der Waals surface area contributed by atoms with Crippen molar-refractivity contribution < 1.29 is 9.59 Å². The number of carbonyl (C=O) groups is 2. The van der Waals surface area contributed by atoms with Crippen LogP contribution in [0.4, 0.5) is 0 Å². The van der Waals surface area contributed by atoms with Crippen molar-refractivity contribution >= 4 is 27.7 Å². The van der Waals surface area contributed by atoms with Crippen LogP contribution in [0.3, 0.4) is 0 Å². The SMILES string of the molecule is Cc1ccc(Br)cc1C1(C)CNC(=O)C(=O)N1. The van der Waals surface area contributed by atoms with Gasteiger partial charge < -0.3 is 10.6 Å². The maximum absolute atomic E-state index is 11.4. The quantitative estimate of drug-likeness (QED) is 0.766. The lowest BCUT2D eigenvalue weighted by Crippen LogP contribution is -2.61. The van der Waals surface area contributed by atoms with Crippen LogP contribution in [0, 0.1) is 6.92 Å². The van der Waals surface area contributed by atoms with Crippen LogP contribution in [-0.4, -0.2) is 18.4 Å². The first-order valence-electron chi connectivity index (χ1n) is 5.29. The van der Waals surface area contributed by atoms with Gasteiger partial charge in [-0.3, -0.25) is 9.59 Å². The smallest absolute Gasteiger partial charge is 0.310 e. The Bertz CT molecular complexity index is 501. The molecule has 2 amide bonds. The number of hydrogen-bond donors (Lipinski definition) is 2. The lowest BCUT2D eigenvalue weighted by atomic mass is 9.87. The fourth-order valence-electron chi connectivity index (χ4n) is 2.04. The van der Waals surface area contributed by atoms with E-state index in [2.05, 4.69) is 26.6 Å². The van der Waals surface area contributed by atoms with Gasteiger partial charge in [0, 0.05) is 11.0 Å². The molecule has 1 aromatic rings. The number of amides is 2. The minimum Gasteiger partial charge on any atom is -0.345 e. The highest BCUT2D eigenvalue weighted by Crippen LogP contribution is 2.27. The molecule has 0 saturated carbocycles. The van der Waals surface area contributed by atoms with Crippen LogP contribution < -0.4 is 10.6 Å². The zero-order chi connectivity index (χ0) is 12.6. The maximum atomic E-state index is 11.4. The van der Waals surface area contributed by atoms with E-state index in [1.54, 1.807) is 0 Å². The van der Waals surface area contributed by atoms with Crippen molar-refractivity contribution in [3.8, 4) is 0 Å². The molecule has 1 aliphatic rings. The minimum absolute atomic E-state index is 0.398. The summed E-state index contributed by atoms with van der Waals surface area (Å²) < 4.78 is 0.950. The molecule has 0 radical (unpaired) electrons. The van der Waals surface area contributed by atoms with Crippen LogP contribution in [0.25, 0.3) is 0 Å². The van der Waals surface area contributed by atoms with Crippen molar-refractivity contribution in [1.82, 2.24) is 10.6 Å². The fraction of sp³-hybridized carbons (Fsp3) is 0.333. The number of aryl methyl sites for hydroxylation is 1. The summed E-state index contributed by atoms with van der Waals surface area (Å²) in [6.45, 7) is 4.28. The molecule has 5 heteroatoms. The number of hydrogen-bond acceptors (Lipinski definition) is 2. The zero-order valence-electron chi connectivity index (χ0n) is 9.63. The second-order valence-corrected chi connectivity index (χ2v) is 5.34. The Kier molecular flexibility index (Phi) is 2.95. The molecule has 1 unspecified atom stereocenters. The van der Waals surface area contributed by atoms with E-state index in [0.717, 1.165) is 15.6 Å². The van der Waals surface area contributed by atoms with E-state index in [9.17, 15) is 9.59 Å². The molecule has 2 N–H and O–H groups in total. The summed E-state index contributed by atoms with van der Waals surface area (Å²) in [5.74, 6) is -1.16. The predicted octanol–water partition coefficient (Wildman–Crippen LogP) is 1.22. The van der Waals surface area contributed by atoms with E-state index in [1.165, 1.54) is 0 Å². The molecule has 1 heterocycles. The molecule has 1 fully saturated rings. The van der Waals surface area contributed by atoms with E-state index < -0.39 is 17.4 Å². The van der Waals surface area contributed by atoms with Crippen molar-refractivity contribution in [3.63, 3.8) is 0 Å². The van der Waals surface area contributed by atoms with Gasteiger partial charge in [0.05, 0.1) is 5.54 Å². The number of halogens is 1. The molecule has 90 valence electrons. The molecule has 1 saturated heterocycles. The minimum atomic E-state index is -0.585. The Balaban J connectivity index is 2.41. The van der Waals surface area contributed by atoms with Gasteiger partial charge in [-0.2, -0.15) is 0 Å². The first-order valence-corrected chi connectivity index (χ1v) is 6.09. The summed E-state index contributed by atoms with van der Waals surface area (Å²) >= 11 is 3.41. The summed E-state index contributed by atoms with van der Waals surface area (Å²) in [4.78, 5) is 22.6. The van der Waals surface area contributed by atoms with Gasteiger partial charge in [-0.05, 0) is 37.1 Å². The van der Waals surface area contributed by atoms with Gasteiger partial charge in [0.2, 0.25) is 0 Å². The second-order valence-electron chi connectivity index (χ2n) is 4.43. The predicted molar refractivity (Wildman–Crippen MR) is 67.4 cm³/mol. The highest BCUT2D eigenvalue weighted by atomic mass is 79.9. The number of nitrogens with one attached hydrogen (secondary N) is 2. The molecular formula is C12H13BrN2O2. The summed E-state index contributed by atoms with van der Waals surface area (Å²) in [6.07, 6.45) is 0. The molecule has 17 heavy (non-hydrogen) atoms. The first-order chi connectivity index (χ1) is 7.92. The lowest BCUT2D eigenvalue weighted by molar-refractivity contribution is -0.142. The van der Waals surface area contributed by atoms with E-state index in [-0.39, 0.29) is 0 Å². The monoisotopic (exact) mass is 296 g/mol. The summed E-state index contributed by atoms with van der Waals surface area (Å²) in [7, 11) is 0. The molecular weight excluding hydrogens is 284 g/mol. The average Bonchev–Trinajstić information content (AvgIpc) is 2.27. The Morgan fingerprint density at radius 2 is 2.00 bits per heavy atom. The molecule has 1 aromatic carbocycles. The third-order valence-corrected chi connectivity index (χ3v) is 3.49. The summed E-state index contributed by atoms with van der Waals surface area (Å²) in [5.41, 5.74) is 1.52. The van der Waals surface area contributed by atoms with Gasteiger partial charge in [0.25, 0.3) is 0 Å². The van der Waals surface area contributed by atoms with Crippen molar-refractivity contribution in [3.05, 3.63) is 33.8 Å². The molecule has 0 aromatic heterocycles. The third-order valence-electron chi connectivity index (χ3n) is 2.99. The van der Waals surface area contributed by atoms with Gasteiger partial charge in [-0.25, -0.2) is 0 Å². The Hall–Kier alpha value is -1.36. The van der Waals surface area contributed by atoms with Crippen molar-refractivity contribution in [2.45, 2.75) is 19.4 Å². The molecule has 1 atom stereocenters. The molecule has 0 bridgehead atoms. The van der Waals surface area contributed by atoms with Gasteiger partial charge in [-0.15, -0.1) is 0 Å². The van der Waals surface area contributed by atoms with Crippen LogP contribution in [0.5, 0.6) is 0 Å². The van der Waals surface area contributed by atoms with Crippen molar-refractivity contribution in [1.29, 1.82) is 0 Å². The van der Waals surface area contributed by atoms with E-state index in [4.69, 9.17) is 0 Å². The Morgan fingerprint density at radius 1 is 1.29 bits per heavy atom. The molecule has 0 aliphatic carbocycles. The molecule has 2 rings (SSSR count). The Morgan fingerprint density at radius 3 is 2.65 bits per heavy atom. The zero-order valence-corrected chi connectivity index (χ0v) is 11.2. The van der Waals surface area contributed by atoms with E-state index in [1.807, 2.05) is 32.0 Å². The normalized spacial score (nSPS) is 24.2. The van der Waals surface area contributed by atoms with Gasteiger partial charge in [-0.1, -0.05) is 22.0 Å². The second kappa shape index (κ2) is 4.14. The van der Waals surface area contributed by atoms with E-state index >= 15 is 0 Å². The molecule has 0 spiro atoms. The Labute approximate surface area is 108 Å². The van der Waals surface area contributed by atoms with Gasteiger partial charge >= 0.3 is 11.8 Å². The van der Waals surface area contributed by atoms with Gasteiger partial charge in [0.15, 0.2) is 0 Å². The van der Waals surface area contributed by atoms with Crippen molar-refractivity contribution in [2.75, 3.05) is 6.54 Å². The summed E-state index contributed by atoms with van der Waals surface area (Å²) in [5, 5.41) is 5.36. The molecule has 4 nitrogen and oxygen atoms in total. The van der Waals surface area contributed by atoms with Crippen LogP contribution in [-0.2, 0) is 15.1 Å². The number of rotatable bonds is 1. The van der Waals surface area contributed by atoms with Crippen LogP contribution >= 0.6 is 15.9 Å².